The minimum absolute atomic E-state index is 0.230. The molecule has 4 rings (SSSR count). The Kier molecular flexibility index (Phi) is 4.71. The van der Waals surface area contributed by atoms with Crippen molar-refractivity contribution in [2.24, 2.45) is 0 Å². The molecule has 3 aromatic rings. The molecule has 26 heavy (non-hydrogen) atoms. The molecule has 1 saturated carbocycles. The first kappa shape index (κ1) is 17.5. The number of rotatable bonds is 6. The molecule has 0 radical (unpaired) electrons. The molecule has 0 aliphatic heterocycles. The Hall–Kier alpha value is -1.93. The van der Waals surface area contributed by atoms with E-state index in [-0.39, 0.29) is 5.91 Å². The van der Waals surface area contributed by atoms with Crippen LogP contribution < -0.4 is 5.32 Å². The standard InChI is InChI=1S/C18H19BrN4O2S/c1-10-16(19)11(2)23(22-10)8-14-5-6-15(25-14)17(24)20-7-13-9-26-18(21-13)12-3-4-12/h5-6,9,12H,3-4,7-8H2,1-2H3,(H,20,24). The molecule has 0 bridgehead atoms. The molecule has 1 N–H and O–H groups in total. The first-order valence-electron chi connectivity index (χ1n) is 8.52. The molecule has 136 valence electrons. The SMILES string of the molecule is Cc1nn(Cc2ccc(C(=O)NCc3csc(C4CC4)n3)o2)c(C)c1Br. The number of carbonyl (C=O) groups is 1. The fourth-order valence-electron chi connectivity index (χ4n) is 2.74. The lowest BCUT2D eigenvalue weighted by Gasteiger charge is -2.02. The minimum atomic E-state index is -0.230. The van der Waals surface area contributed by atoms with Crippen molar-refractivity contribution < 1.29 is 9.21 Å². The van der Waals surface area contributed by atoms with Gasteiger partial charge < -0.3 is 9.73 Å². The largest absolute Gasteiger partial charge is 0.454 e. The van der Waals surface area contributed by atoms with Crippen LogP contribution in [-0.2, 0) is 13.1 Å². The van der Waals surface area contributed by atoms with Crippen molar-refractivity contribution in [1.82, 2.24) is 20.1 Å². The summed E-state index contributed by atoms with van der Waals surface area (Å²) in [6.07, 6.45) is 2.47. The van der Waals surface area contributed by atoms with E-state index in [1.165, 1.54) is 17.8 Å². The van der Waals surface area contributed by atoms with E-state index in [9.17, 15) is 4.79 Å². The Bertz CT molecular complexity index is 954. The van der Waals surface area contributed by atoms with Gasteiger partial charge in [-0.25, -0.2) is 4.98 Å². The van der Waals surface area contributed by atoms with E-state index in [2.05, 4.69) is 31.3 Å². The lowest BCUT2D eigenvalue weighted by atomic mass is 10.3. The third kappa shape index (κ3) is 3.61. The average Bonchev–Trinajstić information content (AvgIpc) is 3.10. The quantitative estimate of drug-likeness (QED) is 0.631. The number of thiazole rings is 1. The molecule has 1 fully saturated rings. The molecule has 0 atom stereocenters. The number of nitrogens with zero attached hydrogens (tertiary/aromatic N) is 3. The predicted octanol–water partition coefficient (Wildman–Crippen LogP) is 4.17. The van der Waals surface area contributed by atoms with Crippen LogP contribution >= 0.6 is 27.3 Å². The van der Waals surface area contributed by atoms with Gasteiger partial charge in [-0.3, -0.25) is 9.48 Å². The van der Waals surface area contributed by atoms with Crippen molar-refractivity contribution in [1.29, 1.82) is 0 Å². The highest BCUT2D eigenvalue weighted by atomic mass is 79.9. The zero-order valence-corrected chi connectivity index (χ0v) is 17.0. The van der Waals surface area contributed by atoms with E-state index in [0.29, 0.717) is 30.5 Å². The van der Waals surface area contributed by atoms with E-state index >= 15 is 0 Å². The molecule has 0 saturated heterocycles. The van der Waals surface area contributed by atoms with Crippen LogP contribution in [0.1, 0.15) is 57.2 Å². The Balaban J connectivity index is 1.37. The van der Waals surface area contributed by atoms with Gasteiger partial charge in [-0.2, -0.15) is 5.10 Å². The van der Waals surface area contributed by atoms with E-state index in [1.807, 2.05) is 30.0 Å². The third-order valence-electron chi connectivity index (χ3n) is 4.41. The fraction of sp³-hybridized carbons (Fsp3) is 0.389. The molecule has 0 spiro atoms. The molecule has 1 aliphatic carbocycles. The monoisotopic (exact) mass is 434 g/mol. The van der Waals surface area contributed by atoms with Gasteiger partial charge in [0, 0.05) is 11.3 Å². The lowest BCUT2D eigenvalue weighted by molar-refractivity contribution is 0.0920. The summed E-state index contributed by atoms with van der Waals surface area (Å²) in [5.41, 5.74) is 2.87. The number of aromatic nitrogens is 3. The molecule has 1 amide bonds. The van der Waals surface area contributed by atoms with Gasteiger partial charge in [0.2, 0.25) is 0 Å². The normalized spacial score (nSPS) is 14.0. The van der Waals surface area contributed by atoms with Gasteiger partial charge >= 0.3 is 0 Å². The first-order valence-corrected chi connectivity index (χ1v) is 10.2. The van der Waals surface area contributed by atoms with E-state index in [4.69, 9.17) is 4.42 Å². The summed E-state index contributed by atoms with van der Waals surface area (Å²) in [4.78, 5) is 16.9. The van der Waals surface area contributed by atoms with Crippen molar-refractivity contribution in [2.45, 2.75) is 45.7 Å². The number of aryl methyl sites for hydroxylation is 1. The van der Waals surface area contributed by atoms with Gasteiger partial charge in [0.25, 0.3) is 5.91 Å². The highest BCUT2D eigenvalue weighted by Crippen LogP contribution is 2.41. The van der Waals surface area contributed by atoms with Gasteiger partial charge in [0.15, 0.2) is 5.76 Å². The van der Waals surface area contributed by atoms with Crippen LogP contribution in [0.4, 0.5) is 0 Å². The van der Waals surface area contributed by atoms with E-state index in [1.54, 1.807) is 17.4 Å². The van der Waals surface area contributed by atoms with Crippen LogP contribution in [-0.4, -0.2) is 20.7 Å². The summed E-state index contributed by atoms with van der Waals surface area (Å²) in [5, 5.41) is 10.5. The topological polar surface area (TPSA) is 73.0 Å². The molecule has 6 nitrogen and oxygen atoms in total. The summed E-state index contributed by atoms with van der Waals surface area (Å²) in [6.45, 7) is 4.84. The molecule has 0 unspecified atom stereocenters. The average molecular weight is 435 g/mol. The third-order valence-corrected chi connectivity index (χ3v) is 6.61. The maximum atomic E-state index is 12.3. The van der Waals surface area contributed by atoms with Crippen LogP contribution in [0.15, 0.2) is 26.4 Å². The molecule has 0 aromatic carbocycles. The number of nitrogens with one attached hydrogen (secondary N) is 1. The Morgan fingerprint density at radius 2 is 2.23 bits per heavy atom. The predicted molar refractivity (Wildman–Crippen MR) is 102 cm³/mol. The number of furan rings is 1. The zero-order valence-electron chi connectivity index (χ0n) is 14.6. The van der Waals surface area contributed by atoms with Crippen LogP contribution in [0.3, 0.4) is 0 Å². The van der Waals surface area contributed by atoms with E-state index < -0.39 is 0 Å². The van der Waals surface area contributed by atoms with Gasteiger partial charge in [-0.15, -0.1) is 11.3 Å². The Morgan fingerprint density at radius 1 is 1.42 bits per heavy atom. The number of hydrogen-bond donors (Lipinski definition) is 1. The summed E-state index contributed by atoms with van der Waals surface area (Å²) in [6, 6.07) is 3.51. The highest BCUT2D eigenvalue weighted by molar-refractivity contribution is 9.10. The molecular formula is C18H19BrN4O2S. The minimum Gasteiger partial charge on any atom is -0.454 e. The van der Waals surface area contributed by atoms with Crippen molar-refractivity contribution in [3.05, 3.63) is 55.6 Å². The van der Waals surface area contributed by atoms with Crippen LogP contribution in [0, 0.1) is 13.8 Å². The van der Waals surface area contributed by atoms with Crippen molar-refractivity contribution in [2.75, 3.05) is 0 Å². The van der Waals surface area contributed by atoms with Crippen molar-refractivity contribution in [3.8, 4) is 0 Å². The second kappa shape index (κ2) is 7.00. The van der Waals surface area contributed by atoms with Gasteiger partial charge in [0.05, 0.1) is 39.7 Å². The van der Waals surface area contributed by atoms with Gasteiger partial charge in [0.1, 0.15) is 5.76 Å². The second-order valence-electron chi connectivity index (χ2n) is 6.54. The number of halogens is 1. The smallest absolute Gasteiger partial charge is 0.287 e. The summed E-state index contributed by atoms with van der Waals surface area (Å²) in [5.74, 6) is 1.41. The highest BCUT2D eigenvalue weighted by Gasteiger charge is 2.26. The lowest BCUT2D eigenvalue weighted by Crippen LogP contribution is -2.22. The Morgan fingerprint density at radius 3 is 2.92 bits per heavy atom. The van der Waals surface area contributed by atoms with Crippen molar-refractivity contribution >= 4 is 33.2 Å². The first-order chi connectivity index (χ1) is 12.5. The van der Waals surface area contributed by atoms with Gasteiger partial charge in [-0.1, -0.05) is 0 Å². The molecule has 3 aromatic heterocycles. The Labute approximate surface area is 163 Å². The van der Waals surface area contributed by atoms with Crippen molar-refractivity contribution in [3.63, 3.8) is 0 Å². The molecule has 8 heteroatoms. The molecular weight excluding hydrogens is 416 g/mol. The van der Waals surface area contributed by atoms with Crippen LogP contribution in [0.25, 0.3) is 0 Å². The summed E-state index contributed by atoms with van der Waals surface area (Å²) < 4.78 is 8.54. The fourth-order valence-corrected chi connectivity index (χ4v) is 4.02. The molecule has 3 heterocycles. The summed E-state index contributed by atoms with van der Waals surface area (Å²) in [7, 11) is 0. The molecule has 1 aliphatic rings. The maximum absolute atomic E-state index is 12.3. The zero-order chi connectivity index (χ0) is 18.3. The summed E-state index contributed by atoms with van der Waals surface area (Å²) >= 11 is 5.19. The number of hydrogen-bond acceptors (Lipinski definition) is 5. The van der Waals surface area contributed by atoms with E-state index in [0.717, 1.165) is 21.6 Å². The number of amides is 1. The maximum Gasteiger partial charge on any atom is 0.287 e. The van der Waals surface area contributed by atoms with Gasteiger partial charge in [-0.05, 0) is 54.8 Å². The number of carbonyl (C=O) groups excluding carboxylic acids is 1. The van der Waals surface area contributed by atoms with Crippen LogP contribution in [0.5, 0.6) is 0 Å². The second-order valence-corrected chi connectivity index (χ2v) is 8.23. The van der Waals surface area contributed by atoms with Crippen LogP contribution in [0.2, 0.25) is 0 Å².